The minimum absolute atomic E-state index is 0.749. The van der Waals surface area contributed by atoms with Crippen LogP contribution in [0.25, 0.3) is 0 Å². The molecule has 0 aliphatic rings. The number of hydrogen-bond acceptors (Lipinski definition) is 0. The van der Waals surface area contributed by atoms with Crippen LogP contribution in [-0.2, 0) is 0 Å². The molecule has 0 aromatic heterocycles. The van der Waals surface area contributed by atoms with Crippen LogP contribution in [0.5, 0.6) is 0 Å². The van der Waals surface area contributed by atoms with Gasteiger partial charge in [-0.3, -0.25) is 0 Å². The van der Waals surface area contributed by atoms with Crippen LogP contribution in [0.3, 0.4) is 0 Å². The Kier molecular flexibility index (Phi) is 5.93. The van der Waals surface area contributed by atoms with Crippen LogP contribution in [0.4, 0.5) is 0 Å². The third-order valence-corrected chi connectivity index (χ3v) is 7.68. The van der Waals surface area contributed by atoms with Crippen molar-refractivity contribution in [3.63, 3.8) is 0 Å². The van der Waals surface area contributed by atoms with Crippen molar-refractivity contribution in [2.45, 2.75) is 64.7 Å². The maximum atomic E-state index is 2.59. The molecule has 0 saturated carbocycles. The molecule has 1 heteroatoms. The van der Waals surface area contributed by atoms with Crippen molar-refractivity contribution in [1.29, 1.82) is 0 Å². The van der Waals surface area contributed by atoms with Gasteiger partial charge in [-0.15, -0.1) is 0 Å². The summed E-state index contributed by atoms with van der Waals surface area (Å²) in [5.41, 5.74) is 0. The van der Waals surface area contributed by atoms with Crippen molar-refractivity contribution in [2.75, 3.05) is 0 Å². The monoisotopic (exact) mass is 172 g/mol. The Balaban J connectivity index is 3.79. The predicted octanol–water partition coefficient (Wildman–Crippen LogP) is 4.30. The van der Waals surface area contributed by atoms with Crippen molar-refractivity contribution in [2.24, 2.45) is 0 Å². The Labute approximate surface area is 73.4 Å². The van der Waals surface area contributed by atoms with Gasteiger partial charge in [-0.25, -0.2) is 0 Å². The predicted molar refractivity (Wildman–Crippen MR) is 56.9 cm³/mol. The van der Waals surface area contributed by atoms with Gasteiger partial charge in [0.2, 0.25) is 0 Å². The zero-order valence-corrected chi connectivity index (χ0v) is 9.74. The van der Waals surface area contributed by atoms with Gasteiger partial charge < -0.3 is 0 Å². The molecule has 0 spiro atoms. The second-order valence-corrected chi connectivity index (χ2v) is 9.18. The molecular formula is C10H24Si. The molecule has 0 aliphatic carbocycles. The third-order valence-electron chi connectivity index (χ3n) is 2.56. The first-order chi connectivity index (χ1) is 5.18. The zero-order valence-electron chi connectivity index (χ0n) is 8.74. The summed E-state index contributed by atoms with van der Waals surface area (Å²) in [5.74, 6) is 0. The van der Waals surface area contributed by atoms with Crippen LogP contribution in [0.2, 0.25) is 24.7 Å². The number of rotatable bonds is 6. The van der Waals surface area contributed by atoms with Crippen LogP contribution in [-0.4, -0.2) is 8.07 Å². The SMILES string of the molecule is CCC[Si](C)(CCC)CCC. The minimum atomic E-state index is -0.749. The quantitative estimate of drug-likeness (QED) is 0.524. The lowest BCUT2D eigenvalue weighted by atomic mass is 10.5. The van der Waals surface area contributed by atoms with E-state index in [-0.39, 0.29) is 0 Å². The summed E-state index contributed by atoms with van der Waals surface area (Å²) in [6.45, 7) is 9.58. The second kappa shape index (κ2) is 5.82. The van der Waals surface area contributed by atoms with Gasteiger partial charge >= 0.3 is 0 Å². The maximum Gasteiger partial charge on any atom is 0.0504 e. The molecule has 0 amide bonds. The molecule has 0 fully saturated rings. The van der Waals surface area contributed by atoms with Gasteiger partial charge in [0.15, 0.2) is 0 Å². The highest BCUT2D eigenvalue weighted by Gasteiger charge is 2.22. The fourth-order valence-corrected chi connectivity index (χ4v) is 6.56. The van der Waals surface area contributed by atoms with E-state index >= 15 is 0 Å². The van der Waals surface area contributed by atoms with Crippen LogP contribution in [0.15, 0.2) is 0 Å². The lowest BCUT2D eigenvalue weighted by Gasteiger charge is -2.25. The highest BCUT2D eigenvalue weighted by atomic mass is 28.3. The van der Waals surface area contributed by atoms with E-state index in [0.29, 0.717) is 0 Å². The summed E-state index contributed by atoms with van der Waals surface area (Å²) in [7, 11) is -0.749. The molecule has 0 atom stereocenters. The van der Waals surface area contributed by atoms with E-state index in [0.717, 1.165) is 0 Å². The standard InChI is InChI=1S/C10H24Si/c1-5-8-11(4,9-6-2)10-7-3/h5-10H2,1-4H3. The van der Waals surface area contributed by atoms with Gasteiger partial charge in [-0.1, -0.05) is 64.7 Å². The van der Waals surface area contributed by atoms with E-state index in [4.69, 9.17) is 0 Å². The Morgan fingerprint density at radius 2 is 1.00 bits per heavy atom. The first-order valence-electron chi connectivity index (χ1n) is 5.18. The summed E-state index contributed by atoms with van der Waals surface area (Å²) >= 11 is 0. The normalized spacial score (nSPS) is 12.0. The van der Waals surface area contributed by atoms with Crippen LogP contribution in [0, 0.1) is 0 Å². The Bertz CT molecular complexity index is 71.9. The molecule has 11 heavy (non-hydrogen) atoms. The van der Waals surface area contributed by atoms with E-state index in [1.54, 1.807) is 18.1 Å². The van der Waals surface area contributed by atoms with Crippen LogP contribution in [0.1, 0.15) is 40.0 Å². The highest BCUT2D eigenvalue weighted by molar-refractivity contribution is 6.78. The minimum Gasteiger partial charge on any atom is -0.0691 e. The summed E-state index contributed by atoms with van der Waals surface area (Å²) in [5, 5.41) is 0. The van der Waals surface area contributed by atoms with E-state index in [1.165, 1.54) is 19.3 Å². The lowest BCUT2D eigenvalue weighted by molar-refractivity contribution is 0.928. The topological polar surface area (TPSA) is 0 Å². The molecule has 0 N–H and O–H groups in total. The molecule has 0 nitrogen and oxygen atoms in total. The zero-order chi connectivity index (χ0) is 8.74. The van der Waals surface area contributed by atoms with Gasteiger partial charge in [0.25, 0.3) is 0 Å². The molecule has 0 aliphatic heterocycles. The van der Waals surface area contributed by atoms with Crippen molar-refractivity contribution in [1.82, 2.24) is 0 Å². The first kappa shape index (κ1) is 11.2. The van der Waals surface area contributed by atoms with Gasteiger partial charge in [0, 0.05) is 0 Å². The Hall–Kier alpha value is 0.217. The fraction of sp³-hybridized carbons (Fsp3) is 1.00. The van der Waals surface area contributed by atoms with Crippen molar-refractivity contribution in [3.8, 4) is 0 Å². The van der Waals surface area contributed by atoms with Crippen molar-refractivity contribution >= 4 is 8.07 Å². The van der Waals surface area contributed by atoms with Crippen molar-refractivity contribution in [3.05, 3.63) is 0 Å². The van der Waals surface area contributed by atoms with Gasteiger partial charge in [0.1, 0.15) is 0 Å². The average molecular weight is 172 g/mol. The van der Waals surface area contributed by atoms with Gasteiger partial charge in [-0.05, 0) is 0 Å². The molecule has 0 heterocycles. The molecule has 68 valence electrons. The van der Waals surface area contributed by atoms with Gasteiger partial charge in [-0.2, -0.15) is 0 Å². The van der Waals surface area contributed by atoms with E-state index in [9.17, 15) is 0 Å². The average Bonchev–Trinajstić information content (AvgIpc) is 1.88. The summed E-state index contributed by atoms with van der Waals surface area (Å²) < 4.78 is 0. The molecular weight excluding hydrogens is 148 g/mol. The van der Waals surface area contributed by atoms with E-state index in [2.05, 4.69) is 27.3 Å². The van der Waals surface area contributed by atoms with Crippen LogP contribution < -0.4 is 0 Å². The molecule has 0 saturated heterocycles. The Morgan fingerprint density at radius 3 is 1.18 bits per heavy atom. The lowest BCUT2D eigenvalue weighted by Crippen LogP contribution is -2.28. The number of hydrogen-bond donors (Lipinski definition) is 0. The maximum absolute atomic E-state index is 2.59. The Morgan fingerprint density at radius 1 is 0.727 bits per heavy atom. The fourth-order valence-electron chi connectivity index (χ4n) is 2.19. The van der Waals surface area contributed by atoms with E-state index in [1.807, 2.05) is 0 Å². The molecule has 0 bridgehead atoms. The molecule has 0 unspecified atom stereocenters. The molecule has 0 radical (unpaired) electrons. The highest BCUT2D eigenvalue weighted by Crippen LogP contribution is 2.25. The third kappa shape index (κ3) is 4.62. The van der Waals surface area contributed by atoms with Crippen molar-refractivity contribution < 1.29 is 0 Å². The largest absolute Gasteiger partial charge is 0.0691 e. The molecule has 0 rings (SSSR count). The smallest absolute Gasteiger partial charge is 0.0504 e. The van der Waals surface area contributed by atoms with E-state index < -0.39 is 8.07 Å². The second-order valence-electron chi connectivity index (χ2n) is 4.06. The summed E-state index contributed by atoms with van der Waals surface area (Å²) in [6, 6.07) is 4.65. The molecule has 0 aromatic rings. The van der Waals surface area contributed by atoms with Crippen LogP contribution >= 0.6 is 0 Å². The summed E-state index contributed by atoms with van der Waals surface area (Å²) in [6.07, 6.45) is 4.22. The van der Waals surface area contributed by atoms with Gasteiger partial charge in [0.05, 0.1) is 8.07 Å². The first-order valence-corrected chi connectivity index (χ1v) is 8.30. The summed E-state index contributed by atoms with van der Waals surface area (Å²) in [4.78, 5) is 0. The molecule has 0 aromatic carbocycles.